The van der Waals surface area contributed by atoms with Crippen LogP contribution in [0.15, 0.2) is 6.20 Å². The Bertz CT molecular complexity index is 298. The number of carbonyl (C=O) groups is 1. The van der Waals surface area contributed by atoms with Crippen LogP contribution in [0.3, 0.4) is 0 Å². The molecule has 1 unspecified atom stereocenters. The van der Waals surface area contributed by atoms with E-state index in [2.05, 4.69) is 5.10 Å². The summed E-state index contributed by atoms with van der Waals surface area (Å²) >= 11 is 0. The van der Waals surface area contributed by atoms with E-state index in [1.165, 1.54) is 4.68 Å². The molecule has 72 valence electrons. The van der Waals surface area contributed by atoms with Crippen molar-refractivity contribution < 1.29 is 4.79 Å². The summed E-state index contributed by atoms with van der Waals surface area (Å²) in [5, 5.41) is 4.00. The first-order valence-electron chi connectivity index (χ1n) is 4.16. The van der Waals surface area contributed by atoms with Crippen LogP contribution in [0.5, 0.6) is 0 Å². The first-order chi connectivity index (χ1) is 6.06. The predicted molar refractivity (Wildman–Crippen MR) is 49.9 cm³/mol. The molecule has 0 aromatic carbocycles. The van der Waals surface area contributed by atoms with Crippen molar-refractivity contribution in [2.75, 3.05) is 5.73 Å². The summed E-state index contributed by atoms with van der Waals surface area (Å²) in [6.07, 6.45) is 2.35. The number of hydrogen-bond acceptors (Lipinski definition) is 3. The predicted octanol–water partition coefficient (Wildman–Crippen LogP) is 0.210. The van der Waals surface area contributed by atoms with Gasteiger partial charge in [0.25, 0.3) is 0 Å². The number of nitrogens with zero attached hydrogens (tertiary/aromatic N) is 2. The van der Waals surface area contributed by atoms with E-state index < -0.39 is 6.04 Å². The van der Waals surface area contributed by atoms with Crippen LogP contribution in [0.25, 0.3) is 0 Å². The van der Waals surface area contributed by atoms with Gasteiger partial charge < -0.3 is 11.5 Å². The van der Waals surface area contributed by atoms with Gasteiger partial charge in [0.2, 0.25) is 5.91 Å². The number of aryl methyl sites for hydroxylation is 1. The Morgan fingerprint density at radius 2 is 2.38 bits per heavy atom. The maximum Gasteiger partial charge on any atom is 0.242 e. The Hall–Kier alpha value is -1.52. The zero-order valence-electron chi connectivity index (χ0n) is 7.82. The van der Waals surface area contributed by atoms with E-state index in [1.54, 1.807) is 6.20 Å². The second-order valence-electron chi connectivity index (χ2n) is 3.00. The van der Waals surface area contributed by atoms with Crippen LogP contribution in [0.1, 0.15) is 24.9 Å². The first kappa shape index (κ1) is 9.57. The van der Waals surface area contributed by atoms with E-state index in [0.717, 1.165) is 5.56 Å². The molecule has 0 spiro atoms. The van der Waals surface area contributed by atoms with E-state index >= 15 is 0 Å². The highest BCUT2D eigenvalue weighted by Crippen LogP contribution is 2.14. The second-order valence-corrected chi connectivity index (χ2v) is 3.00. The lowest BCUT2D eigenvalue weighted by Gasteiger charge is -2.10. The molecule has 0 aliphatic carbocycles. The molecule has 4 N–H and O–H groups in total. The van der Waals surface area contributed by atoms with Crippen molar-refractivity contribution in [1.82, 2.24) is 9.78 Å². The van der Waals surface area contributed by atoms with Crippen molar-refractivity contribution in [2.45, 2.75) is 26.3 Å². The summed E-state index contributed by atoms with van der Waals surface area (Å²) in [6, 6.07) is -0.393. The smallest absolute Gasteiger partial charge is 0.242 e. The topological polar surface area (TPSA) is 86.9 Å². The molecule has 1 rings (SSSR count). The number of rotatable bonds is 3. The highest BCUT2D eigenvalue weighted by molar-refractivity contribution is 5.78. The molecule has 0 radical (unpaired) electrons. The van der Waals surface area contributed by atoms with Gasteiger partial charge in [-0.05, 0) is 13.3 Å². The maximum absolute atomic E-state index is 11.0. The monoisotopic (exact) mass is 182 g/mol. The molecule has 5 heteroatoms. The third-order valence-corrected chi connectivity index (χ3v) is 1.99. The largest absolute Gasteiger partial charge is 0.382 e. The Labute approximate surface area is 76.7 Å². The van der Waals surface area contributed by atoms with Crippen molar-refractivity contribution in [1.29, 1.82) is 0 Å². The van der Waals surface area contributed by atoms with Gasteiger partial charge in [-0.1, -0.05) is 6.92 Å². The van der Waals surface area contributed by atoms with Crippen LogP contribution in [0, 0.1) is 6.92 Å². The van der Waals surface area contributed by atoms with E-state index in [-0.39, 0.29) is 5.91 Å². The van der Waals surface area contributed by atoms with Crippen molar-refractivity contribution in [3.05, 3.63) is 11.8 Å². The van der Waals surface area contributed by atoms with Crippen LogP contribution < -0.4 is 11.5 Å². The van der Waals surface area contributed by atoms with E-state index in [4.69, 9.17) is 11.5 Å². The minimum atomic E-state index is -0.393. The Morgan fingerprint density at radius 1 is 1.77 bits per heavy atom. The van der Waals surface area contributed by atoms with Crippen LogP contribution in [0.2, 0.25) is 0 Å². The van der Waals surface area contributed by atoms with Gasteiger partial charge in [0.1, 0.15) is 11.9 Å². The fourth-order valence-electron chi connectivity index (χ4n) is 1.17. The molecule has 1 amide bonds. The molecule has 1 aromatic rings. The van der Waals surface area contributed by atoms with Gasteiger partial charge in [-0.15, -0.1) is 0 Å². The van der Waals surface area contributed by atoms with Gasteiger partial charge in [0.15, 0.2) is 0 Å². The number of nitrogens with two attached hydrogens (primary N) is 2. The third kappa shape index (κ3) is 1.80. The molecule has 0 aliphatic heterocycles. The highest BCUT2D eigenvalue weighted by atomic mass is 16.1. The maximum atomic E-state index is 11.0. The number of amides is 1. The van der Waals surface area contributed by atoms with Crippen LogP contribution in [-0.2, 0) is 4.79 Å². The Morgan fingerprint density at radius 3 is 2.69 bits per heavy atom. The third-order valence-electron chi connectivity index (χ3n) is 1.99. The van der Waals surface area contributed by atoms with Crippen LogP contribution in [-0.4, -0.2) is 15.7 Å². The average Bonchev–Trinajstić information content (AvgIpc) is 2.32. The zero-order valence-corrected chi connectivity index (χ0v) is 7.82. The molecule has 0 saturated heterocycles. The lowest BCUT2D eigenvalue weighted by Crippen LogP contribution is -2.26. The lowest BCUT2D eigenvalue weighted by molar-refractivity contribution is -0.121. The van der Waals surface area contributed by atoms with Gasteiger partial charge in [-0.2, -0.15) is 5.10 Å². The van der Waals surface area contributed by atoms with Crippen LogP contribution >= 0.6 is 0 Å². The number of aromatic nitrogens is 2. The van der Waals surface area contributed by atoms with Gasteiger partial charge >= 0.3 is 0 Å². The molecular formula is C8H14N4O. The summed E-state index contributed by atoms with van der Waals surface area (Å²) in [5.41, 5.74) is 11.6. The second kappa shape index (κ2) is 3.47. The lowest BCUT2D eigenvalue weighted by atomic mass is 10.2. The highest BCUT2D eigenvalue weighted by Gasteiger charge is 2.16. The number of primary amides is 1. The van der Waals surface area contributed by atoms with Crippen molar-refractivity contribution >= 4 is 11.7 Å². The standard InChI is InChI=1S/C8H14N4O/c1-3-6(8(10)13)12-4-5(2)7(9)11-12/h4,6H,3H2,1-2H3,(H2,9,11)(H2,10,13). The van der Waals surface area contributed by atoms with E-state index in [0.29, 0.717) is 12.2 Å². The van der Waals surface area contributed by atoms with Crippen molar-refractivity contribution in [2.24, 2.45) is 5.73 Å². The molecule has 13 heavy (non-hydrogen) atoms. The molecular weight excluding hydrogens is 168 g/mol. The molecule has 0 fully saturated rings. The van der Waals surface area contributed by atoms with Crippen LogP contribution in [0.4, 0.5) is 5.82 Å². The minimum absolute atomic E-state index is 0.384. The summed E-state index contributed by atoms with van der Waals surface area (Å²) in [5.74, 6) is 0.0599. The number of carbonyl (C=O) groups excluding carboxylic acids is 1. The minimum Gasteiger partial charge on any atom is -0.382 e. The van der Waals surface area contributed by atoms with Gasteiger partial charge in [0.05, 0.1) is 0 Å². The van der Waals surface area contributed by atoms with Gasteiger partial charge in [-0.25, -0.2) is 0 Å². The Balaban J connectivity index is 2.98. The summed E-state index contributed by atoms with van der Waals surface area (Å²) in [4.78, 5) is 11.0. The SMILES string of the molecule is CCC(C(N)=O)n1cc(C)c(N)n1. The quantitative estimate of drug-likeness (QED) is 0.700. The van der Waals surface area contributed by atoms with E-state index in [1.807, 2.05) is 13.8 Å². The number of nitrogen functional groups attached to an aromatic ring is 1. The first-order valence-corrected chi connectivity index (χ1v) is 4.16. The molecule has 0 saturated carbocycles. The van der Waals surface area contributed by atoms with Gasteiger partial charge in [-0.3, -0.25) is 9.48 Å². The fraction of sp³-hybridized carbons (Fsp3) is 0.500. The molecule has 0 aliphatic rings. The van der Waals surface area contributed by atoms with Crippen molar-refractivity contribution in [3.8, 4) is 0 Å². The average molecular weight is 182 g/mol. The zero-order chi connectivity index (χ0) is 10.0. The summed E-state index contributed by atoms with van der Waals surface area (Å²) in [7, 11) is 0. The Kier molecular flexibility index (Phi) is 2.55. The molecule has 1 aromatic heterocycles. The summed E-state index contributed by atoms with van der Waals surface area (Å²) in [6.45, 7) is 3.72. The molecule has 1 heterocycles. The normalized spacial score (nSPS) is 12.8. The molecule has 0 bridgehead atoms. The number of anilines is 1. The van der Waals surface area contributed by atoms with Gasteiger partial charge in [0, 0.05) is 11.8 Å². The molecule has 5 nitrogen and oxygen atoms in total. The number of hydrogen-bond donors (Lipinski definition) is 2. The van der Waals surface area contributed by atoms with E-state index in [9.17, 15) is 4.79 Å². The molecule has 1 atom stereocenters. The van der Waals surface area contributed by atoms with Crippen molar-refractivity contribution in [3.63, 3.8) is 0 Å². The fourth-order valence-corrected chi connectivity index (χ4v) is 1.17. The summed E-state index contributed by atoms with van der Waals surface area (Å²) < 4.78 is 1.52.